The zero-order valence-corrected chi connectivity index (χ0v) is 15.8. The Morgan fingerprint density at radius 3 is 2.38 bits per heavy atom. The fraction of sp³-hybridized carbons (Fsp3) is 0.941. The van der Waals surface area contributed by atoms with E-state index in [9.17, 15) is 13.2 Å². The zero-order chi connectivity index (χ0) is 17.4. The van der Waals surface area contributed by atoms with E-state index in [1.807, 2.05) is 0 Å². The highest BCUT2D eigenvalue weighted by Gasteiger charge is 2.26. The summed E-state index contributed by atoms with van der Waals surface area (Å²) in [6.07, 6.45) is 10.1. The summed E-state index contributed by atoms with van der Waals surface area (Å²) in [5.41, 5.74) is 0. The molecule has 0 aromatic carbocycles. The molecule has 0 aromatic heterocycles. The minimum absolute atomic E-state index is 0.0912. The highest BCUT2D eigenvalue weighted by atomic mass is 32.2. The summed E-state index contributed by atoms with van der Waals surface area (Å²) in [4.78, 5) is 14.5. The van der Waals surface area contributed by atoms with Gasteiger partial charge in [-0.05, 0) is 44.7 Å². The molecule has 0 radical (unpaired) electrons. The molecule has 2 saturated heterocycles. The number of amides is 1. The Morgan fingerprint density at radius 2 is 1.71 bits per heavy atom. The van der Waals surface area contributed by atoms with Crippen LogP contribution in [0.5, 0.6) is 0 Å². The maximum absolute atomic E-state index is 12.1. The number of nitrogens with zero attached hydrogens (tertiary/aromatic N) is 2. The van der Waals surface area contributed by atoms with Gasteiger partial charge in [-0.2, -0.15) is 0 Å². The summed E-state index contributed by atoms with van der Waals surface area (Å²) >= 11 is 0. The van der Waals surface area contributed by atoms with Gasteiger partial charge in [0, 0.05) is 32.6 Å². The SMILES string of the molecule is CS(=O)(=O)N1CCC[C@@H](CNC(=O)CCN2CCCCCCC2)C1. The minimum atomic E-state index is -3.11. The van der Waals surface area contributed by atoms with E-state index in [1.165, 1.54) is 42.7 Å². The van der Waals surface area contributed by atoms with Gasteiger partial charge in [0.25, 0.3) is 0 Å². The lowest BCUT2D eigenvalue weighted by Crippen LogP contribution is -2.43. The van der Waals surface area contributed by atoms with Gasteiger partial charge in [-0.1, -0.05) is 19.3 Å². The van der Waals surface area contributed by atoms with Gasteiger partial charge in [-0.15, -0.1) is 0 Å². The number of rotatable bonds is 6. The standard InChI is InChI=1S/C17H33N3O3S/c1-24(22,23)20-12-7-8-16(15-20)14-18-17(21)9-13-19-10-5-3-2-4-6-11-19/h16H,2-15H2,1H3,(H,18,21)/t16-/m0/s1. The first kappa shape index (κ1) is 19.7. The first-order valence-electron chi connectivity index (χ1n) is 9.39. The lowest BCUT2D eigenvalue weighted by Gasteiger charge is -2.31. The fourth-order valence-corrected chi connectivity index (χ4v) is 4.58. The Bertz CT molecular complexity index is 487. The van der Waals surface area contributed by atoms with Crippen LogP contribution in [0.25, 0.3) is 0 Å². The Labute approximate surface area is 147 Å². The Kier molecular flexibility index (Phi) is 7.97. The monoisotopic (exact) mass is 359 g/mol. The van der Waals surface area contributed by atoms with Crippen LogP contribution in [0.15, 0.2) is 0 Å². The summed E-state index contributed by atoms with van der Waals surface area (Å²) in [5.74, 6) is 0.327. The van der Waals surface area contributed by atoms with Crippen molar-refractivity contribution >= 4 is 15.9 Å². The molecule has 0 saturated carbocycles. The smallest absolute Gasteiger partial charge is 0.221 e. The molecule has 0 aliphatic carbocycles. The highest BCUT2D eigenvalue weighted by Crippen LogP contribution is 2.18. The number of carbonyl (C=O) groups is 1. The molecule has 140 valence electrons. The highest BCUT2D eigenvalue weighted by molar-refractivity contribution is 7.88. The molecule has 2 rings (SSSR count). The number of piperidine rings is 1. The van der Waals surface area contributed by atoms with Gasteiger partial charge in [0.15, 0.2) is 0 Å². The lowest BCUT2D eigenvalue weighted by molar-refractivity contribution is -0.121. The van der Waals surface area contributed by atoms with E-state index in [-0.39, 0.29) is 11.8 Å². The van der Waals surface area contributed by atoms with Crippen molar-refractivity contribution in [1.29, 1.82) is 0 Å². The van der Waals surface area contributed by atoms with Crippen LogP contribution in [0.1, 0.15) is 51.4 Å². The van der Waals surface area contributed by atoms with Crippen LogP contribution in [-0.2, 0) is 14.8 Å². The minimum Gasteiger partial charge on any atom is -0.356 e. The van der Waals surface area contributed by atoms with Gasteiger partial charge >= 0.3 is 0 Å². The summed E-state index contributed by atoms with van der Waals surface area (Å²) in [5, 5.41) is 3.00. The molecule has 2 fully saturated rings. The first-order valence-corrected chi connectivity index (χ1v) is 11.2. The second-order valence-electron chi connectivity index (χ2n) is 7.29. The van der Waals surface area contributed by atoms with E-state index in [1.54, 1.807) is 0 Å². The molecule has 2 aliphatic heterocycles. The normalized spacial score (nSPS) is 25.0. The van der Waals surface area contributed by atoms with E-state index >= 15 is 0 Å². The van der Waals surface area contributed by atoms with E-state index in [0.29, 0.717) is 26.1 Å². The Balaban J connectivity index is 1.65. The summed E-state index contributed by atoms with van der Waals surface area (Å²) in [6.45, 7) is 4.79. The van der Waals surface area contributed by atoms with Crippen LogP contribution in [0.2, 0.25) is 0 Å². The van der Waals surface area contributed by atoms with Crippen LogP contribution in [0, 0.1) is 5.92 Å². The van der Waals surface area contributed by atoms with E-state index in [4.69, 9.17) is 0 Å². The Morgan fingerprint density at radius 1 is 1.04 bits per heavy atom. The molecule has 6 nitrogen and oxygen atoms in total. The molecule has 7 heteroatoms. The van der Waals surface area contributed by atoms with Gasteiger partial charge in [0.1, 0.15) is 0 Å². The van der Waals surface area contributed by atoms with Crippen molar-refractivity contribution in [3.8, 4) is 0 Å². The molecule has 24 heavy (non-hydrogen) atoms. The summed E-state index contributed by atoms with van der Waals surface area (Å²) < 4.78 is 24.8. The molecule has 1 amide bonds. The molecule has 1 atom stereocenters. The second kappa shape index (κ2) is 9.73. The van der Waals surface area contributed by atoms with Gasteiger partial charge < -0.3 is 10.2 Å². The first-order chi connectivity index (χ1) is 11.4. The molecule has 0 unspecified atom stereocenters. The van der Waals surface area contributed by atoms with Crippen molar-refractivity contribution in [3.63, 3.8) is 0 Å². The predicted molar refractivity (Wildman–Crippen MR) is 96.3 cm³/mol. The van der Waals surface area contributed by atoms with Crippen molar-refractivity contribution in [3.05, 3.63) is 0 Å². The largest absolute Gasteiger partial charge is 0.356 e. The second-order valence-corrected chi connectivity index (χ2v) is 9.28. The maximum Gasteiger partial charge on any atom is 0.221 e. The molecule has 0 bridgehead atoms. The average Bonchev–Trinajstić information content (AvgIpc) is 2.51. The average molecular weight is 360 g/mol. The van der Waals surface area contributed by atoms with Gasteiger partial charge in [0.05, 0.1) is 6.26 Å². The molecule has 1 N–H and O–H groups in total. The number of carbonyl (C=O) groups excluding carboxylic acids is 1. The third kappa shape index (κ3) is 7.07. The third-order valence-corrected chi connectivity index (χ3v) is 6.41. The topological polar surface area (TPSA) is 69.7 Å². The number of nitrogens with one attached hydrogen (secondary N) is 1. The number of hydrogen-bond acceptors (Lipinski definition) is 4. The Hall–Kier alpha value is -0.660. The van der Waals surface area contributed by atoms with E-state index in [2.05, 4.69) is 10.2 Å². The quantitative estimate of drug-likeness (QED) is 0.779. The molecule has 2 aliphatic rings. The van der Waals surface area contributed by atoms with Crippen molar-refractivity contribution in [2.45, 2.75) is 51.4 Å². The van der Waals surface area contributed by atoms with Crippen LogP contribution in [0.3, 0.4) is 0 Å². The molecular weight excluding hydrogens is 326 g/mol. The lowest BCUT2D eigenvalue weighted by atomic mass is 10.00. The summed E-state index contributed by atoms with van der Waals surface area (Å²) in [7, 11) is -3.11. The number of hydrogen-bond donors (Lipinski definition) is 1. The van der Waals surface area contributed by atoms with Crippen molar-refractivity contribution in [2.75, 3.05) is 45.5 Å². The summed E-state index contributed by atoms with van der Waals surface area (Å²) in [6, 6.07) is 0. The number of sulfonamides is 1. The van der Waals surface area contributed by atoms with Crippen molar-refractivity contribution < 1.29 is 13.2 Å². The fourth-order valence-electron chi connectivity index (χ4n) is 3.64. The van der Waals surface area contributed by atoms with Gasteiger partial charge in [0.2, 0.25) is 15.9 Å². The van der Waals surface area contributed by atoms with Crippen LogP contribution in [-0.4, -0.2) is 69.1 Å². The van der Waals surface area contributed by atoms with Crippen LogP contribution >= 0.6 is 0 Å². The van der Waals surface area contributed by atoms with Gasteiger partial charge in [-0.25, -0.2) is 12.7 Å². The van der Waals surface area contributed by atoms with Gasteiger partial charge in [-0.3, -0.25) is 4.79 Å². The molecular formula is C17H33N3O3S. The van der Waals surface area contributed by atoms with Crippen molar-refractivity contribution in [1.82, 2.24) is 14.5 Å². The number of likely N-dealkylation sites (tertiary alicyclic amines) is 1. The van der Waals surface area contributed by atoms with E-state index in [0.717, 1.165) is 32.5 Å². The maximum atomic E-state index is 12.1. The molecule has 0 aromatic rings. The van der Waals surface area contributed by atoms with Crippen LogP contribution < -0.4 is 5.32 Å². The van der Waals surface area contributed by atoms with Crippen molar-refractivity contribution in [2.24, 2.45) is 5.92 Å². The van der Waals surface area contributed by atoms with Crippen LogP contribution in [0.4, 0.5) is 0 Å². The predicted octanol–water partition coefficient (Wildman–Crippen LogP) is 1.43. The zero-order valence-electron chi connectivity index (χ0n) is 15.0. The third-order valence-electron chi connectivity index (χ3n) is 5.14. The molecule has 0 spiro atoms. The van der Waals surface area contributed by atoms with E-state index < -0.39 is 10.0 Å². The molecule has 2 heterocycles.